The molecule has 0 aromatic carbocycles. The zero-order valence-electron chi connectivity index (χ0n) is 16.4. The Morgan fingerprint density at radius 1 is 1.16 bits per heavy atom. The third-order valence-corrected chi connectivity index (χ3v) is 3.86. The Bertz CT molecular complexity index is 463. The van der Waals surface area contributed by atoms with E-state index in [0.717, 1.165) is 12.8 Å². The van der Waals surface area contributed by atoms with Gasteiger partial charge >= 0.3 is 5.97 Å². The number of carbonyl (C=O) groups is 2. The molecule has 0 radical (unpaired) electrons. The first-order chi connectivity index (χ1) is 11.7. The number of nitrogens with one attached hydrogen (secondary N) is 2. The minimum atomic E-state index is -0.480. The Kier molecular flexibility index (Phi) is 8.72. The highest BCUT2D eigenvalue weighted by Crippen LogP contribution is 2.17. The molecule has 0 atom stereocenters. The summed E-state index contributed by atoms with van der Waals surface area (Å²) in [6.45, 7) is 6.05. The predicted molar refractivity (Wildman–Crippen MR) is 99.5 cm³/mol. The summed E-state index contributed by atoms with van der Waals surface area (Å²) in [5, 5.41) is 6.53. The number of rotatable bonds is 6. The fraction of sp³-hybridized carbons (Fsp3) is 0.833. The van der Waals surface area contributed by atoms with Crippen LogP contribution >= 0.6 is 0 Å². The number of nitrogens with zero attached hydrogens (tertiary/aromatic N) is 2. The van der Waals surface area contributed by atoms with Crippen molar-refractivity contribution in [2.45, 2.75) is 70.9 Å². The van der Waals surface area contributed by atoms with Crippen molar-refractivity contribution in [2.75, 3.05) is 27.2 Å². The van der Waals surface area contributed by atoms with Crippen molar-refractivity contribution in [2.24, 2.45) is 4.99 Å². The van der Waals surface area contributed by atoms with Crippen LogP contribution in [0.25, 0.3) is 0 Å². The molecule has 0 aromatic heterocycles. The SMILES string of the molecule is CN(C)C(=O)CN=C(NCCC(=O)OC(C)(C)C)NC1CCCCC1. The fourth-order valence-corrected chi connectivity index (χ4v) is 2.56. The molecule has 1 saturated carbocycles. The van der Waals surface area contributed by atoms with E-state index in [1.54, 1.807) is 14.1 Å². The van der Waals surface area contributed by atoms with E-state index in [0.29, 0.717) is 18.5 Å². The first-order valence-electron chi connectivity index (χ1n) is 9.14. The average molecular weight is 354 g/mol. The van der Waals surface area contributed by atoms with Gasteiger partial charge < -0.3 is 20.3 Å². The molecule has 0 unspecified atom stereocenters. The number of guanidine groups is 1. The fourth-order valence-electron chi connectivity index (χ4n) is 2.56. The van der Waals surface area contributed by atoms with E-state index in [-0.39, 0.29) is 24.8 Å². The van der Waals surface area contributed by atoms with E-state index in [4.69, 9.17) is 4.74 Å². The Balaban J connectivity index is 2.53. The smallest absolute Gasteiger partial charge is 0.308 e. The van der Waals surface area contributed by atoms with Crippen molar-refractivity contribution < 1.29 is 14.3 Å². The standard InChI is InChI=1S/C18H34N4O3/c1-18(2,3)25-16(24)11-12-19-17(20-13-15(23)22(4)5)21-14-9-7-6-8-10-14/h14H,6-13H2,1-5H3,(H2,19,20,21). The highest BCUT2D eigenvalue weighted by Gasteiger charge is 2.17. The van der Waals surface area contributed by atoms with Crippen LogP contribution in [0.1, 0.15) is 59.3 Å². The molecule has 0 bridgehead atoms. The van der Waals surface area contributed by atoms with Gasteiger partial charge in [-0.3, -0.25) is 9.59 Å². The third kappa shape index (κ3) is 9.94. The van der Waals surface area contributed by atoms with Crippen LogP contribution in [0.15, 0.2) is 4.99 Å². The molecule has 1 amide bonds. The minimum absolute atomic E-state index is 0.0584. The topological polar surface area (TPSA) is 83.0 Å². The summed E-state index contributed by atoms with van der Waals surface area (Å²) in [4.78, 5) is 29.4. The highest BCUT2D eigenvalue weighted by atomic mass is 16.6. The lowest BCUT2D eigenvalue weighted by Gasteiger charge is -2.25. The average Bonchev–Trinajstić information content (AvgIpc) is 2.51. The molecule has 25 heavy (non-hydrogen) atoms. The number of amides is 1. The molecule has 144 valence electrons. The lowest BCUT2D eigenvalue weighted by atomic mass is 9.96. The number of hydrogen-bond acceptors (Lipinski definition) is 4. The zero-order chi connectivity index (χ0) is 18.9. The number of ether oxygens (including phenoxy) is 1. The third-order valence-electron chi connectivity index (χ3n) is 3.86. The molecule has 1 fully saturated rings. The first kappa shape index (κ1) is 21.3. The van der Waals surface area contributed by atoms with Gasteiger partial charge in [-0.05, 0) is 33.6 Å². The molecular formula is C18H34N4O3. The monoisotopic (exact) mass is 354 g/mol. The number of esters is 1. The van der Waals surface area contributed by atoms with Gasteiger partial charge in [0.25, 0.3) is 0 Å². The largest absolute Gasteiger partial charge is 0.460 e. The van der Waals surface area contributed by atoms with Crippen LogP contribution in [-0.2, 0) is 14.3 Å². The molecule has 0 spiro atoms. The van der Waals surface area contributed by atoms with Crippen molar-refractivity contribution in [3.8, 4) is 0 Å². The van der Waals surface area contributed by atoms with Crippen molar-refractivity contribution in [1.29, 1.82) is 0 Å². The number of hydrogen-bond donors (Lipinski definition) is 2. The normalized spacial score (nSPS) is 16.3. The Hall–Kier alpha value is -1.79. The van der Waals surface area contributed by atoms with Gasteiger partial charge in [-0.2, -0.15) is 0 Å². The van der Waals surface area contributed by atoms with Crippen molar-refractivity contribution in [1.82, 2.24) is 15.5 Å². The molecule has 2 N–H and O–H groups in total. The second kappa shape index (κ2) is 10.3. The van der Waals surface area contributed by atoms with Gasteiger partial charge in [-0.15, -0.1) is 0 Å². The summed E-state index contributed by atoms with van der Waals surface area (Å²) in [7, 11) is 3.42. The zero-order valence-corrected chi connectivity index (χ0v) is 16.4. The Labute approximate surface area is 151 Å². The van der Waals surface area contributed by atoms with E-state index in [2.05, 4.69) is 15.6 Å². The van der Waals surface area contributed by atoms with Crippen molar-refractivity contribution >= 4 is 17.8 Å². The van der Waals surface area contributed by atoms with Crippen LogP contribution in [-0.4, -0.2) is 61.6 Å². The van der Waals surface area contributed by atoms with Crippen LogP contribution in [0.2, 0.25) is 0 Å². The van der Waals surface area contributed by atoms with Gasteiger partial charge in [0.05, 0.1) is 6.42 Å². The number of aliphatic imine (C=N–C) groups is 1. The molecule has 0 aromatic rings. The van der Waals surface area contributed by atoms with E-state index in [1.165, 1.54) is 24.2 Å². The summed E-state index contributed by atoms with van der Waals surface area (Å²) in [5.41, 5.74) is -0.480. The van der Waals surface area contributed by atoms with Crippen LogP contribution in [0, 0.1) is 0 Å². The first-order valence-corrected chi connectivity index (χ1v) is 9.14. The van der Waals surface area contributed by atoms with Gasteiger partial charge in [0, 0.05) is 26.7 Å². The van der Waals surface area contributed by atoms with E-state index < -0.39 is 5.60 Å². The second-order valence-corrected chi connectivity index (χ2v) is 7.70. The molecule has 1 aliphatic carbocycles. The molecular weight excluding hydrogens is 320 g/mol. The van der Waals surface area contributed by atoms with Crippen LogP contribution < -0.4 is 10.6 Å². The van der Waals surface area contributed by atoms with Gasteiger partial charge in [0.1, 0.15) is 12.1 Å². The van der Waals surface area contributed by atoms with E-state index >= 15 is 0 Å². The number of carbonyl (C=O) groups excluding carboxylic acids is 2. The minimum Gasteiger partial charge on any atom is -0.460 e. The molecule has 7 heteroatoms. The maximum atomic E-state index is 11.8. The molecule has 7 nitrogen and oxygen atoms in total. The van der Waals surface area contributed by atoms with Gasteiger partial charge in [-0.1, -0.05) is 19.3 Å². The summed E-state index contributed by atoms with van der Waals surface area (Å²) in [6, 6.07) is 0.371. The van der Waals surface area contributed by atoms with Gasteiger partial charge in [0.2, 0.25) is 5.91 Å². The lowest BCUT2D eigenvalue weighted by molar-refractivity contribution is -0.154. The van der Waals surface area contributed by atoms with Gasteiger partial charge in [0.15, 0.2) is 5.96 Å². The molecule has 1 aliphatic rings. The summed E-state index contributed by atoms with van der Waals surface area (Å²) >= 11 is 0. The summed E-state index contributed by atoms with van der Waals surface area (Å²) in [6.07, 6.45) is 6.15. The molecule has 0 saturated heterocycles. The van der Waals surface area contributed by atoms with E-state index in [1.807, 2.05) is 20.8 Å². The predicted octanol–water partition coefficient (Wildman–Crippen LogP) is 1.67. The molecule has 1 rings (SSSR count). The number of likely N-dealkylation sites (N-methyl/N-ethyl adjacent to an activating group) is 1. The maximum Gasteiger partial charge on any atom is 0.308 e. The molecule has 0 heterocycles. The summed E-state index contributed by atoms with van der Waals surface area (Å²) in [5.74, 6) is 0.281. The van der Waals surface area contributed by atoms with Crippen LogP contribution in [0.4, 0.5) is 0 Å². The van der Waals surface area contributed by atoms with Crippen molar-refractivity contribution in [3.63, 3.8) is 0 Å². The lowest BCUT2D eigenvalue weighted by Crippen LogP contribution is -2.45. The Morgan fingerprint density at radius 3 is 2.36 bits per heavy atom. The highest BCUT2D eigenvalue weighted by molar-refractivity contribution is 5.85. The molecule has 0 aliphatic heterocycles. The second-order valence-electron chi connectivity index (χ2n) is 7.70. The summed E-state index contributed by atoms with van der Waals surface area (Å²) < 4.78 is 5.30. The maximum absolute atomic E-state index is 11.8. The van der Waals surface area contributed by atoms with Crippen LogP contribution in [0.3, 0.4) is 0 Å². The van der Waals surface area contributed by atoms with Gasteiger partial charge in [-0.25, -0.2) is 4.99 Å². The van der Waals surface area contributed by atoms with Crippen LogP contribution in [0.5, 0.6) is 0 Å². The van der Waals surface area contributed by atoms with Crippen molar-refractivity contribution in [3.05, 3.63) is 0 Å². The quantitative estimate of drug-likeness (QED) is 0.431. The Morgan fingerprint density at radius 2 is 1.80 bits per heavy atom. The van der Waals surface area contributed by atoms with E-state index in [9.17, 15) is 9.59 Å².